The number of para-hydroxylation sites is 1. The fraction of sp³-hybridized carbons (Fsp3) is 0.211. The molecule has 1 fully saturated rings. The van der Waals surface area contributed by atoms with Crippen LogP contribution in [0.25, 0.3) is 10.9 Å². The molecule has 3 aromatic rings. The van der Waals surface area contributed by atoms with Gasteiger partial charge in [-0.2, -0.15) is 0 Å². The Kier molecular flexibility index (Phi) is 3.17. The van der Waals surface area contributed by atoms with E-state index in [0.717, 1.165) is 12.1 Å². The summed E-state index contributed by atoms with van der Waals surface area (Å²) in [5.74, 6) is 0.675. The van der Waals surface area contributed by atoms with E-state index < -0.39 is 0 Å². The first-order valence-electron chi connectivity index (χ1n) is 7.53. The Morgan fingerprint density at radius 2 is 1.81 bits per heavy atom. The molecule has 1 aliphatic carbocycles. The van der Waals surface area contributed by atoms with Gasteiger partial charge in [-0.05, 0) is 23.6 Å². The van der Waals surface area contributed by atoms with E-state index in [4.69, 9.17) is 0 Å². The second-order valence-electron chi connectivity index (χ2n) is 5.73. The predicted molar refractivity (Wildman–Crippen MR) is 86.2 cm³/mol. The van der Waals surface area contributed by atoms with E-state index in [1.54, 1.807) is 0 Å². The van der Waals surface area contributed by atoms with Crippen LogP contribution < -0.4 is 5.32 Å². The molecular weight excluding hydrogens is 256 g/mol. The minimum absolute atomic E-state index is 0.603. The zero-order valence-electron chi connectivity index (χ0n) is 11.9. The second kappa shape index (κ2) is 5.30. The van der Waals surface area contributed by atoms with Crippen LogP contribution in [0.3, 0.4) is 0 Å². The Bertz CT molecular complexity index is 746. The molecule has 0 spiro atoms. The number of hydrogen-bond donors (Lipinski definition) is 1. The van der Waals surface area contributed by atoms with Crippen molar-refractivity contribution in [3.63, 3.8) is 0 Å². The SMILES string of the molecule is c1ccc(C2CC2NCc2cccc3cccnc23)cc1. The number of pyridine rings is 1. The molecule has 1 N–H and O–H groups in total. The van der Waals surface area contributed by atoms with Crippen molar-refractivity contribution in [2.75, 3.05) is 0 Å². The molecule has 2 heteroatoms. The van der Waals surface area contributed by atoms with Crippen LogP contribution in [0.2, 0.25) is 0 Å². The highest BCUT2D eigenvalue weighted by molar-refractivity contribution is 5.81. The van der Waals surface area contributed by atoms with Crippen LogP contribution in [0.1, 0.15) is 23.5 Å². The lowest BCUT2D eigenvalue weighted by Crippen LogP contribution is -2.17. The minimum Gasteiger partial charge on any atom is -0.309 e. The Morgan fingerprint density at radius 3 is 2.71 bits per heavy atom. The summed E-state index contributed by atoms with van der Waals surface area (Å²) in [4.78, 5) is 4.52. The quantitative estimate of drug-likeness (QED) is 0.781. The van der Waals surface area contributed by atoms with Crippen LogP contribution in [0.15, 0.2) is 66.9 Å². The lowest BCUT2D eigenvalue weighted by molar-refractivity contribution is 0.675. The van der Waals surface area contributed by atoms with Gasteiger partial charge in [-0.25, -0.2) is 0 Å². The van der Waals surface area contributed by atoms with Gasteiger partial charge >= 0.3 is 0 Å². The van der Waals surface area contributed by atoms with Crippen molar-refractivity contribution in [3.05, 3.63) is 78.0 Å². The first-order valence-corrected chi connectivity index (χ1v) is 7.53. The number of nitrogens with one attached hydrogen (secondary N) is 1. The summed E-state index contributed by atoms with van der Waals surface area (Å²) < 4.78 is 0. The highest BCUT2D eigenvalue weighted by Gasteiger charge is 2.37. The monoisotopic (exact) mass is 274 g/mol. The summed E-state index contributed by atoms with van der Waals surface area (Å²) in [5, 5.41) is 4.89. The second-order valence-corrected chi connectivity index (χ2v) is 5.73. The van der Waals surface area contributed by atoms with Crippen molar-refractivity contribution in [3.8, 4) is 0 Å². The number of fused-ring (bicyclic) bond motifs is 1. The Morgan fingerprint density at radius 1 is 0.952 bits per heavy atom. The topological polar surface area (TPSA) is 24.9 Å². The summed E-state index contributed by atoms with van der Waals surface area (Å²) in [5.41, 5.74) is 3.85. The Balaban J connectivity index is 1.46. The molecule has 1 aliphatic rings. The highest BCUT2D eigenvalue weighted by atomic mass is 15.0. The maximum Gasteiger partial charge on any atom is 0.0746 e. The summed E-state index contributed by atoms with van der Waals surface area (Å²) in [7, 11) is 0. The smallest absolute Gasteiger partial charge is 0.0746 e. The number of nitrogens with zero attached hydrogens (tertiary/aromatic N) is 1. The number of benzene rings is 2. The van der Waals surface area contributed by atoms with Crippen LogP contribution in [0, 0.1) is 0 Å². The molecule has 2 nitrogen and oxygen atoms in total. The molecule has 0 amide bonds. The minimum atomic E-state index is 0.603. The zero-order chi connectivity index (χ0) is 14.1. The van der Waals surface area contributed by atoms with Crippen molar-refractivity contribution < 1.29 is 0 Å². The molecule has 0 saturated heterocycles. The maximum absolute atomic E-state index is 4.52. The number of hydrogen-bond acceptors (Lipinski definition) is 2. The van der Waals surface area contributed by atoms with E-state index in [0.29, 0.717) is 12.0 Å². The summed E-state index contributed by atoms with van der Waals surface area (Å²) in [6, 6.07) is 21.9. The third-order valence-electron chi connectivity index (χ3n) is 4.29. The van der Waals surface area contributed by atoms with E-state index in [1.165, 1.54) is 22.9 Å². The van der Waals surface area contributed by atoms with Gasteiger partial charge in [0, 0.05) is 30.1 Å². The van der Waals surface area contributed by atoms with Crippen LogP contribution in [0.4, 0.5) is 0 Å². The third-order valence-corrected chi connectivity index (χ3v) is 4.29. The van der Waals surface area contributed by atoms with Crippen molar-refractivity contribution in [1.82, 2.24) is 10.3 Å². The van der Waals surface area contributed by atoms with Gasteiger partial charge in [0.15, 0.2) is 0 Å². The fourth-order valence-electron chi connectivity index (χ4n) is 3.04. The zero-order valence-corrected chi connectivity index (χ0v) is 11.9. The van der Waals surface area contributed by atoms with Gasteiger partial charge in [-0.3, -0.25) is 4.98 Å². The molecule has 2 unspecified atom stereocenters. The third kappa shape index (κ3) is 2.55. The Labute approximate surface area is 124 Å². The van der Waals surface area contributed by atoms with E-state index >= 15 is 0 Å². The molecule has 104 valence electrons. The van der Waals surface area contributed by atoms with Gasteiger partial charge in [-0.15, -0.1) is 0 Å². The van der Waals surface area contributed by atoms with Gasteiger partial charge in [0.05, 0.1) is 5.52 Å². The van der Waals surface area contributed by atoms with Gasteiger partial charge in [0.25, 0.3) is 0 Å². The first kappa shape index (κ1) is 12.5. The number of rotatable bonds is 4. The molecule has 1 heterocycles. The average molecular weight is 274 g/mol. The standard InChI is InChI=1S/C19H18N2/c1-2-6-14(7-3-1)17-12-18(17)21-13-16-9-4-8-15-10-5-11-20-19(15)16/h1-11,17-18,21H,12-13H2. The largest absolute Gasteiger partial charge is 0.309 e. The van der Waals surface area contributed by atoms with E-state index in [9.17, 15) is 0 Å². The lowest BCUT2D eigenvalue weighted by Gasteiger charge is -2.07. The molecular formula is C19H18N2. The molecule has 4 rings (SSSR count). The van der Waals surface area contributed by atoms with Crippen molar-refractivity contribution in [2.24, 2.45) is 0 Å². The molecule has 21 heavy (non-hydrogen) atoms. The lowest BCUT2D eigenvalue weighted by atomic mass is 10.1. The van der Waals surface area contributed by atoms with Gasteiger partial charge < -0.3 is 5.32 Å². The van der Waals surface area contributed by atoms with E-state index in [-0.39, 0.29) is 0 Å². The van der Waals surface area contributed by atoms with Crippen LogP contribution >= 0.6 is 0 Å². The summed E-state index contributed by atoms with van der Waals surface area (Å²) >= 11 is 0. The van der Waals surface area contributed by atoms with E-state index in [2.05, 4.69) is 64.9 Å². The molecule has 0 bridgehead atoms. The summed E-state index contributed by atoms with van der Waals surface area (Å²) in [6.45, 7) is 0.891. The van der Waals surface area contributed by atoms with Crippen molar-refractivity contribution in [1.29, 1.82) is 0 Å². The molecule has 2 atom stereocenters. The molecule has 0 aliphatic heterocycles. The molecule has 2 aromatic carbocycles. The predicted octanol–water partition coefficient (Wildman–Crippen LogP) is 3.88. The van der Waals surface area contributed by atoms with Gasteiger partial charge in [-0.1, -0.05) is 54.6 Å². The highest BCUT2D eigenvalue weighted by Crippen LogP contribution is 2.40. The average Bonchev–Trinajstić information content (AvgIpc) is 3.33. The molecule has 0 radical (unpaired) electrons. The van der Waals surface area contributed by atoms with Gasteiger partial charge in [0.1, 0.15) is 0 Å². The van der Waals surface area contributed by atoms with E-state index in [1.807, 2.05) is 12.3 Å². The molecule has 1 saturated carbocycles. The van der Waals surface area contributed by atoms with Crippen molar-refractivity contribution >= 4 is 10.9 Å². The fourth-order valence-corrected chi connectivity index (χ4v) is 3.04. The summed E-state index contributed by atoms with van der Waals surface area (Å²) in [6.07, 6.45) is 3.11. The Hall–Kier alpha value is -2.19. The van der Waals surface area contributed by atoms with Crippen molar-refractivity contribution in [2.45, 2.75) is 24.9 Å². The van der Waals surface area contributed by atoms with Gasteiger partial charge in [0.2, 0.25) is 0 Å². The normalized spacial score (nSPS) is 20.6. The first-order chi connectivity index (χ1) is 10.4. The molecule has 1 aromatic heterocycles. The number of aromatic nitrogens is 1. The van der Waals surface area contributed by atoms with Crippen LogP contribution in [0.5, 0.6) is 0 Å². The van der Waals surface area contributed by atoms with Crippen LogP contribution in [-0.4, -0.2) is 11.0 Å². The maximum atomic E-state index is 4.52. The van der Waals surface area contributed by atoms with Crippen LogP contribution in [-0.2, 0) is 6.54 Å².